The van der Waals surface area contributed by atoms with E-state index in [2.05, 4.69) is 30.0 Å². The molecule has 2 nitrogen and oxygen atoms in total. The standard InChI is InChI=1S/C16H20O2/c17-10-2-5-15-3-1-4-16(13-15)7-6-14-8-11-18-12-9-14/h1,3-4,13-14,17H,2,5,8-12H2. The third-order valence-electron chi connectivity index (χ3n) is 3.19. The highest BCUT2D eigenvalue weighted by Crippen LogP contribution is 2.14. The van der Waals surface area contributed by atoms with Crippen LogP contribution >= 0.6 is 0 Å². The van der Waals surface area contributed by atoms with Crippen LogP contribution in [0.5, 0.6) is 0 Å². The van der Waals surface area contributed by atoms with Crippen LogP contribution in [0.4, 0.5) is 0 Å². The smallest absolute Gasteiger partial charge is 0.0477 e. The van der Waals surface area contributed by atoms with Crippen molar-refractivity contribution in [3.05, 3.63) is 35.4 Å². The largest absolute Gasteiger partial charge is 0.396 e. The van der Waals surface area contributed by atoms with Gasteiger partial charge in [-0.25, -0.2) is 0 Å². The highest BCUT2D eigenvalue weighted by atomic mass is 16.5. The molecule has 1 saturated heterocycles. The Balaban J connectivity index is 1.97. The molecule has 0 atom stereocenters. The molecular weight excluding hydrogens is 224 g/mol. The minimum absolute atomic E-state index is 0.248. The van der Waals surface area contributed by atoms with Crippen LogP contribution < -0.4 is 0 Å². The molecule has 1 aliphatic heterocycles. The first-order valence-corrected chi connectivity index (χ1v) is 6.67. The summed E-state index contributed by atoms with van der Waals surface area (Å²) in [5, 5.41) is 8.83. The molecule has 18 heavy (non-hydrogen) atoms. The van der Waals surface area contributed by atoms with E-state index in [1.54, 1.807) is 0 Å². The summed E-state index contributed by atoms with van der Waals surface area (Å²) in [6.45, 7) is 1.93. The van der Waals surface area contributed by atoms with Crippen LogP contribution in [-0.2, 0) is 11.2 Å². The average molecular weight is 244 g/mol. The molecular formula is C16H20O2. The number of benzene rings is 1. The van der Waals surface area contributed by atoms with Crippen LogP contribution in [0.15, 0.2) is 24.3 Å². The van der Waals surface area contributed by atoms with E-state index in [9.17, 15) is 0 Å². The zero-order valence-electron chi connectivity index (χ0n) is 10.7. The summed E-state index contributed by atoms with van der Waals surface area (Å²) < 4.78 is 5.32. The van der Waals surface area contributed by atoms with Crippen LogP contribution in [0.25, 0.3) is 0 Å². The lowest BCUT2D eigenvalue weighted by molar-refractivity contribution is 0.0807. The monoisotopic (exact) mass is 244 g/mol. The van der Waals surface area contributed by atoms with E-state index in [0.717, 1.165) is 44.5 Å². The van der Waals surface area contributed by atoms with E-state index < -0.39 is 0 Å². The fourth-order valence-corrected chi connectivity index (χ4v) is 2.12. The number of aliphatic hydroxyl groups is 1. The van der Waals surface area contributed by atoms with Gasteiger partial charge < -0.3 is 9.84 Å². The Hall–Kier alpha value is -1.30. The highest BCUT2D eigenvalue weighted by Gasteiger charge is 2.10. The van der Waals surface area contributed by atoms with Gasteiger partial charge in [-0.05, 0) is 43.4 Å². The van der Waals surface area contributed by atoms with E-state index in [1.165, 1.54) is 5.56 Å². The fourth-order valence-electron chi connectivity index (χ4n) is 2.12. The predicted molar refractivity (Wildman–Crippen MR) is 72.3 cm³/mol. The van der Waals surface area contributed by atoms with E-state index in [0.29, 0.717) is 5.92 Å². The summed E-state index contributed by atoms with van der Waals surface area (Å²) in [6.07, 6.45) is 3.84. The third-order valence-corrected chi connectivity index (χ3v) is 3.19. The van der Waals surface area contributed by atoms with Crippen LogP contribution in [0.2, 0.25) is 0 Å². The lowest BCUT2D eigenvalue weighted by atomic mass is 10.00. The van der Waals surface area contributed by atoms with E-state index in [-0.39, 0.29) is 6.61 Å². The molecule has 0 saturated carbocycles. The number of rotatable bonds is 3. The number of ether oxygens (including phenoxy) is 1. The first-order valence-electron chi connectivity index (χ1n) is 6.67. The molecule has 1 fully saturated rings. The molecule has 0 bridgehead atoms. The van der Waals surface area contributed by atoms with Crippen molar-refractivity contribution < 1.29 is 9.84 Å². The first kappa shape index (κ1) is 13.1. The van der Waals surface area contributed by atoms with Crippen molar-refractivity contribution in [1.29, 1.82) is 0 Å². The molecule has 2 rings (SSSR count). The summed E-state index contributed by atoms with van der Waals surface area (Å²) in [4.78, 5) is 0. The Kier molecular flexibility index (Phi) is 5.26. The van der Waals surface area contributed by atoms with Gasteiger partial charge in [0.1, 0.15) is 0 Å². The minimum Gasteiger partial charge on any atom is -0.396 e. The summed E-state index contributed by atoms with van der Waals surface area (Å²) in [6, 6.07) is 8.31. The van der Waals surface area contributed by atoms with Crippen LogP contribution in [0, 0.1) is 17.8 Å². The molecule has 1 heterocycles. The highest BCUT2D eigenvalue weighted by molar-refractivity contribution is 5.37. The molecule has 0 spiro atoms. The first-order chi connectivity index (χ1) is 8.88. The van der Waals surface area contributed by atoms with Crippen molar-refractivity contribution in [2.75, 3.05) is 19.8 Å². The molecule has 0 aromatic heterocycles. The maximum Gasteiger partial charge on any atom is 0.0477 e. The molecule has 0 aliphatic carbocycles. The van der Waals surface area contributed by atoms with Crippen molar-refractivity contribution in [2.45, 2.75) is 25.7 Å². The van der Waals surface area contributed by atoms with Crippen molar-refractivity contribution in [3.63, 3.8) is 0 Å². The molecule has 0 amide bonds. The molecule has 96 valence electrons. The van der Waals surface area contributed by atoms with E-state index in [4.69, 9.17) is 9.84 Å². The molecule has 1 N–H and O–H groups in total. The number of hydrogen-bond acceptors (Lipinski definition) is 2. The quantitative estimate of drug-likeness (QED) is 0.827. The topological polar surface area (TPSA) is 29.5 Å². The van der Waals surface area contributed by atoms with Crippen molar-refractivity contribution in [3.8, 4) is 11.8 Å². The van der Waals surface area contributed by atoms with Crippen molar-refractivity contribution >= 4 is 0 Å². The van der Waals surface area contributed by atoms with Gasteiger partial charge in [0, 0.05) is 31.3 Å². The second-order valence-electron chi connectivity index (χ2n) is 4.68. The zero-order chi connectivity index (χ0) is 12.6. The molecule has 1 aliphatic rings. The van der Waals surface area contributed by atoms with Crippen LogP contribution in [0.1, 0.15) is 30.4 Å². The van der Waals surface area contributed by atoms with Crippen molar-refractivity contribution in [1.82, 2.24) is 0 Å². The van der Waals surface area contributed by atoms with Crippen LogP contribution in [0.3, 0.4) is 0 Å². The summed E-state index contributed by atoms with van der Waals surface area (Å²) >= 11 is 0. The zero-order valence-corrected chi connectivity index (χ0v) is 10.7. The van der Waals surface area contributed by atoms with Gasteiger partial charge >= 0.3 is 0 Å². The molecule has 0 unspecified atom stereocenters. The summed E-state index contributed by atoms with van der Waals surface area (Å²) in [5.74, 6) is 7.09. The summed E-state index contributed by atoms with van der Waals surface area (Å²) in [5.41, 5.74) is 2.33. The van der Waals surface area contributed by atoms with Gasteiger partial charge in [-0.2, -0.15) is 0 Å². The second-order valence-corrected chi connectivity index (χ2v) is 4.68. The fraction of sp³-hybridized carbons (Fsp3) is 0.500. The molecule has 0 radical (unpaired) electrons. The molecule has 1 aromatic rings. The van der Waals surface area contributed by atoms with Gasteiger partial charge in [-0.15, -0.1) is 0 Å². The van der Waals surface area contributed by atoms with Gasteiger partial charge in [0.25, 0.3) is 0 Å². The second kappa shape index (κ2) is 7.20. The van der Waals surface area contributed by atoms with Gasteiger partial charge in [0.05, 0.1) is 0 Å². The van der Waals surface area contributed by atoms with Crippen LogP contribution in [-0.4, -0.2) is 24.9 Å². The Labute approximate surface area is 109 Å². The van der Waals surface area contributed by atoms with Crippen molar-refractivity contribution in [2.24, 2.45) is 5.92 Å². The third kappa shape index (κ3) is 4.18. The summed E-state index contributed by atoms with van der Waals surface area (Å²) in [7, 11) is 0. The average Bonchev–Trinajstić information content (AvgIpc) is 2.44. The van der Waals surface area contributed by atoms with E-state index >= 15 is 0 Å². The predicted octanol–water partition coefficient (Wildman–Crippen LogP) is 2.39. The number of hydrogen-bond donors (Lipinski definition) is 1. The van der Waals surface area contributed by atoms with Gasteiger partial charge in [0.15, 0.2) is 0 Å². The van der Waals surface area contributed by atoms with E-state index in [1.807, 2.05) is 6.07 Å². The molecule has 1 aromatic carbocycles. The van der Waals surface area contributed by atoms with Gasteiger partial charge in [-0.1, -0.05) is 24.0 Å². The molecule has 2 heteroatoms. The lowest BCUT2D eigenvalue weighted by Crippen LogP contribution is -2.13. The number of aryl methyl sites for hydroxylation is 1. The Morgan fingerprint density at radius 2 is 2.11 bits per heavy atom. The maximum atomic E-state index is 8.83. The Morgan fingerprint density at radius 3 is 2.89 bits per heavy atom. The minimum atomic E-state index is 0.248. The lowest BCUT2D eigenvalue weighted by Gasteiger charge is -2.16. The maximum absolute atomic E-state index is 8.83. The van der Waals surface area contributed by atoms with Gasteiger partial charge in [-0.3, -0.25) is 0 Å². The Morgan fingerprint density at radius 1 is 1.28 bits per heavy atom. The van der Waals surface area contributed by atoms with Gasteiger partial charge in [0.2, 0.25) is 0 Å². The normalized spacial score (nSPS) is 16.1. The Bertz CT molecular complexity index is 422. The number of aliphatic hydroxyl groups excluding tert-OH is 1. The SMILES string of the molecule is OCCCc1cccc(C#CC2CCOCC2)c1.